The molecule has 2 N–H and O–H groups in total. The van der Waals surface area contributed by atoms with E-state index in [1.54, 1.807) is 6.07 Å². The summed E-state index contributed by atoms with van der Waals surface area (Å²) in [5.41, 5.74) is 4.35. The molecule has 2 aromatic rings. The zero-order valence-electron chi connectivity index (χ0n) is 15.6. The largest absolute Gasteiger partial charge is 0.354 e. The van der Waals surface area contributed by atoms with Crippen molar-refractivity contribution in [3.63, 3.8) is 0 Å². The summed E-state index contributed by atoms with van der Waals surface area (Å²) in [4.78, 5) is 21.5. The summed E-state index contributed by atoms with van der Waals surface area (Å²) < 4.78 is 0. The fraction of sp³-hybridized carbons (Fsp3) is 0.450. The molecule has 1 amide bonds. The number of nitrogens with one attached hydrogen (secondary N) is 2. The molecule has 0 bridgehead atoms. The molecule has 0 aliphatic carbocycles. The number of carbonyl (C=O) groups is 1. The third-order valence-corrected chi connectivity index (χ3v) is 4.14. The molecular formula is C20H28N4O. The van der Waals surface area contributed by atoms with Crippen molar-refractivity contribution in [2.45, 2.75) is 53.4 Å². The number of carbonyl (C=O) groups excluding carboxylic acids is 1. The van der Waals surface area contributed by atoms with Crippen LogP contribution >= 0.6 is 0 Å². The van der Waals surface area contributed by atoms with E-state index >= 15 is 0 Å². The topological polar surface area (TPSA) is 66.9 Å². The van der Waals surface area contributed by atoms with Crippen LogP contribution in [0.5, 0.6) is 0 Å². The molecule has 0 unspecified atom stereocenters. The van der Waals surface area contributed by atoms with Crippen molar-refractivity contribution in [1.29, 1.82) is 0 Å². The summed E-state index contributed by atoms with van der Waals surface area (Å²) in [6.07, 6.45) is 3.88. The first-order chi connectivity index (χ1) is 12.1. The molecule has 0 spiro atoms. The van der Waals surface area contributed by atoms with Gasteiger partial charge in [0.05, 0.1) is 0 Å². The number of hydrogen-bond donors (Lipinski definition) is 2. The summed E-state index contributed by atoms with van der Waals surface area (Å²) in [5.74, 6) is 0.317. The zero-order chi connectivity index (χ0) is 18.2. The second kappa shape index (κ2) is 9.16. The second-order valence-electron chi connectivity index (χ2n) is 6.11. The van der Waals surface area contributed by atoms with E-state index in [0.29, 0.717) is 11.6 Å². The van der Waals surface area contributed by atoms with Gasteiger partial charge in [0.2, 0.25) is 5.95 Å². The third kappa shape index (κ3) is 5.02. The molecular weight excluding hydrogens is 312 g/mol. The molecule has 0 aliphatic rings. The van der Waals surface area contributed by atoms with Crippen LogP contribution in [0.4, 0.5) is 11.6 Å². The van der Waals surface area contributed by atoms with Crippen molar-refractivity contribution in [2.75, 3.05) is 17.2 Å². The minimum atomic E-state index is -0.195. The summed E-state index contributed by atoms with van der Waals surface area (Å²) in [6, 6.07) is 7.87. The molecule has 134 valence electrons. The van der Waals surface area contributed by atoms with Crippen LogP contribution < -0.4 is 10.6 Å². The average molecular weight is 340 g/mol. The van der Waals surface area contributed by atoms with Crippen LogP contribution in [0.25, 0.3) is 0 Å². The van der Waals surface area contributed by atoms with Crippen molar-refractivity contribution in [2.24, 2.45) is 0 Å². The Morgan fingerprint density at radius 1 is 1.08 bits per heavy atom. The fourth-order valence-corrected chi connectivity index (χ4v) is 2.72. The molecule has 2 rings (SSSR count). The lowest BCUT2D eigenvalue weighted by atomic mass is 10.0. The van der Waals surface area contributed by atoms with Gasteiger partial charge in [0.15, 0.2) is 0 Å². The molecule has 5 nitrogen and oxygen atoms in total. The maximum absolute atomic E-state index is 12.8. The summed E-state index contributed by atoms with van der Waals surface area (Å²) in [6.45, 7) is 9.00. The van der Waals surface area contributed by atoms with Crippen molar-refractivity contribution < 1.29 is 4.79 Å². The van der Waals surface area contributed by atoms with E-state index in [0.717, 1.165) is 54.7 Å². The number of hydrogen-bond acceptors (Lipinski definition) is 4. The molecule has 1 aromatic heterocycles. The van der Waals surface area contributed by atoms with Crippen LogP contribution in [0.1, 0.15) is 60.9 Å². The molecule has 0 radical (unpaired) electrons. The molecule has 0 fully saturated rings. The van der Waals surface area contributed by atoms with Crippen LogP contribution in [-0.4, -0.2) is 22.4 Å². The first-order valence-electron chi connectivity index (χ1n) is 9.10. The van der Waals surface area contributed by atoms with Crippen LogP contribution in [0.3, 0.4) is 0 Å². The lowest BCUT2D eigenvalue weighted by Gasteiger charge is -2.14. The number of aromatic nitrogens is 2. The highest BCUT2D eigenvalue weighted by molar-refractivity contribution is 6.04. The average Bonchev–Trinajstić information content (AvgIpc) is 2.61. The maximum Gasteiger partial charge on any atom is 0.274 e. The van der Waals surface area contributed by atoms with E-state index in [-0.39, 0.29) is 5.91 Å². The van der Waals surface area contributed by atoms with Gasteiger partial charge in [-0.1, -0.05) is 45.4 Å². The highest BCUT2D eigenvalue weighted by Crippen LogP contribution is 2.23. The molecule has 0 saturated heterocycles. The maximum atomic E-state index is 12.8. The molecule has 5 heteroatoms. The van der Waals surface area contributed by atoms with Gasteiger partial charge in [0, 0.05) is 17.9 Å². The Balaban J connectivity index is 2.24. The Morgan fingerprint density at radius 2 is 1.76 bits per heavy atom. The van der Waals surface area contributed by atoms with Gasteiger partial charge in [0.25, 0.3) is 5.91 Å². The Hall–Kier alpha value is -2.43. The first kappa shape index (κ1) is 18.9. The number of unbranched alkanes of at least 4 members (excludes halogenated alkanes) is 1. The van der Waals surface area contributed by atoms with Crippen molar-refractivity contribution in [1.82, 2.24) is 9.97 Å². The molecule has 0 aliphatic heterocycles. The molecule has 1 aromatic carbocycles. The SMILES string of the molecule is CCCCNc1nc(C)cc(C(=O)Nc2c(CC)cccc2CC)n1. The van der Waals surface area contributed by atoms with Gasteiger partial charge < -0.3 is 10.6 Å². The highest BCUT2D eigenvalue weighted by atomic mass is 16.1. The minimum absolute atomic E-state index is 0.195. The summed E-state index contributed by atoms with van der Waals surface area (Å²) in [7, 11) is 0. The van der Waals surface area contributed by atoms with Gasteiger partial charge in [-0.3, -0.25) is 4.79 Å². The fourth-order valence-electron chi connectivity index (χ4n) is 2.72. The number of nitrogens with zero attached hydrogens (tertiary/aromatic N) is 2. The summed E-state index contributed by atoms with van der Waals surface area (Å²) >= 11 is 0. The monoisotopic (exact) mass is 340 g/mol. The summed E-state index contributed by atoms with van der Waals surface area (Å²) in [5, 5.41) is 6.25. The standard InChI is InChI=1S/C20H28N4O/c1-5-8-12-21-20-22-14(4)13-17(23-20)19(25)24-18-15(6-2)10-9-11-16(18)7-3/h9-11,13H,5-8,12H2,1-4H3,(H,24,25)(H,21,22,23). The van der Waals surface area contributed by atoms with Gasteiger partial charge in [-0.05, 0) is 43.4 Å². The number of para-hydroxylation sites is 1. The quantitative estimate of drug-likeness (QED) is 0.700. The number of benzene rings is 1. The minimum Gasteiger partial charge on any atom is -0.354 e. The van der Waals surface area contributed by atoms with E-state index in [1.807, 2.05) is 13.0 Å². The van der Waals surface area contributed by atoms with E-state index < -0.39 is 0 Å². The molecule has 0 atom stereocenters. The normalized spacial score (nSPS) is 10.6. The van der Waals surface area contributed by atoms with Crippen LogP contribution in [0, 0.1) is 6.92 Å². The smallest absolute Gasteiger partial charge is 0.274 e. The highest BCUT2D eigenvalue weighted by Gasteiger charge is 2.14. The van der Waals surface area contributed by atoms with E-state index in [1.165, 1.54) is 0 Å². The Labute approximate surface area is 150 Å². The predicted molar refractivity (Wildman–Crippen MR) is 103 cm³/mol. The number of anilines is 2. The molecule has 0 saturated carbocycles. The van der Waals surface area contributed by atoms with Gasteiger partial charge in [0.1, 0.15) is 5.69 Å². The van der Waals surface area contributed by atoms with Gasteiger partial charge in [-0.15, -0.1) is 0 Å². The van der Waals surface area contributed by atoms with Crippen LogP contribution in [0.2, 0.25) is 0 Å². The molecule has 25 heavy (non-hydrogen) atoms. The third-order valence-electron chi connectivity index (χ3n) is 4.14. The number of aryl methyl sites for hydroxylation is 3. The number of rotatable bonds is 8. The lowest BCUT2D eigenvalue weighted by molar-refractivity contribution is 0.102. The van der Waals surface area contributed by atoms with Crippen molar-refractivity contribution in [3.8, 4) is 0 Å². The van der Waals surface area contributed by atoms with E-state index in [9.17, 15) is 4.79 Å². The molecule has 1 heterocycles. The van der Waals surface area contributed by atoms with E-state index in [2.05, 4.69) is 53.5 Å². The van der Waals surface area contributed by atoms with Crippen LogP contribution in [0.15, 0.2) is 24.3 Å². The predicted octanol–water partition coefficient (Wildman–Crippen LogP) is 4.37. The Morgan fingerprint density at radius 3 is 2.36 bits per heavy atom. The van der Waals surface area contributed by atoms with E-state index in [4.69, 9.17) is 0 Å². The zero-order valence-corrected chi connectivity index (χ0v) is 15.6. The second-order valence-corrected chi connectivity index (χ2v) is 6.11. The van der Waals surface area contributed by atoms with Crippen molar-refractivity contribution in [3.05, 3.63) is 46.8 Å². The van der Waals surface area contributed by atoms with Gasteiger partial charge in [-0.25, -0.2) is 9.97 Å². The number of amides is 1. The van der Waals surface area contributed by atoms with Gasteiger partial charge in [-0.2, -0.15) is 0 Å². The lowest BCUT2D eigenvalue weighted by Crippen LogP contribution is -2.18. The first-order valence-corrected chi connectivity index (χ1v) is 9.10. The Kier molecular flexibility index (Phi) is 6.92. The van der Waals surface area contributed by atoms with Crippen molar-refractivity contribution >= 4 is 17.5 Å². The van der Waals surface area contributed by atoms with Gasteiger partial charge >= 0.3 is 0 Å². The Bertz CT molecular complexity index is 705. The van der Waals surface area contributed by atoms with Crippen LogP contribution in [-0.2, 0) is 12.8 Å².